The van der Waals surface area contributed by atoms with Gasteiger partial charge in [-0.2, -0.15) is 0 Å². The van der Waals surface area contributed by atoms with E-state index >= 15 is 0 Å². The number of nitrogens with one attached hydrogen (secondary N) is 1. The zero-order chi connectivity index (χ0) is 13.9. The summed E-state index contributed by atoms with van der Waals surface area (Å²) in [7, 11) is 0. The molecule has 1 aliphatic rings. The van der Waals surface area contributed by atoms with Crippen molar-refractivity contribution in [2.24, 2.45) is 5.92 Å². The van der Waals surface area contributed by atoms with E-state index in [1.165, 1.54) is 12.8 Å². The van der Waals surface area contributed by atoms with E-state index in [0.29, 0.717) is 6.04 Å². The Morgan fingerprint density at radius 1 is 1.10 bits per heavy atom. The minimum atomic E-state index is 0.0703. The lowest BCUT2D eigenvalue weighted by atomic mass is 9.87. The first-order chi connectivity index (χ1) is 9.74. The molecule has 104 valence electrons. The van der Waals surface area contributed by atoms with Gasteiger partial charge in [0, 0.05) is 11.6 Å². The molecular weight excluding hydrogens is 246 g/mol. The summed E-state index contributed by atoms with van der Waals surface area (Å²) in [5.74, 6) is 0.794. The maximum absolute atomic E-state index is 12.5. The molecule has 1 fully saturated rings. The van der Waals surface area contributed by atoms with Gasteiger partial charge in [-0.1, -0.05) is 56.2 Å². The second kappa shape index (κ2) is 5.66. The molecule has 0 aromatic heterocycles. The second-order valence-corrected chi connectivity index (χ2v) is 5.97. The Morgan fingerprint density at radius 2 is 1.90 bits per heavy atom. The van der Waals surface area contributed by atoms with Gasteiger partial charge in [0.05, 0.1) is 0 Å². The molecule has 0 unspecified atom stereocenters. The molecule has 2 heteroatoms. The number of rotatable bonds is 2. The molecule has 0 aliphatic heterocycles. The molecule has 2 atom stereocenters. The summed E-state index contributed by atoms with van der Waals surface area (Å²) in [5, 5.41) is 5.38. The van der Waals surface area contributed by atoms with Crippen LogP contribution in [-0.4, -0.2) is 11.9 Å². The van der Waals surface area contributed by atoms with Crippen molar-refractivity contribution in [3.05, 3.63) is 48.0 Å². The number of carbonyl (C=O) groups excluding carboxylic acids is 1. The van der Waals surface area contributed by atoms with Gasteiger partial charge in [-0.25, -0.2) is 0 Å². The Bertz CT molecular complexity index is 614. The van der Waals surface area contributed by atoms with Crippen LogP contribution in [-0.2, 0) is 0 Å². The average Bonchev–Trinajstić information content (AvgIpc) is 2.46. The number of carbonyl (C=O) groups is 1. The largest absolute Gasteiger partial charge is 0.349 e. The molecule has 1 saturated carbocycles. The first-order valence-corrected chi connectivity index (χ1v) is 7.52. The van der Waals surface area contributed by atoms with Crippen molar-refractivity contribution in [1.82, 2.24) is 5.32 Å². The minimum Gasteiger partial charge on any atom is -0.349 e. The van der Waals surface area contributed by atoms with Crippen LogP contribution in [0.5, 0.6) is 0 Å². The Kier molecular flexibility index (Phi) is 3.72. The molecule has 3 rings (SSSR count). The van der Waals surface area contributed by atoms with Crippen molar-refractivity contribution < 1.29 is 4.79 Å². The lowest BCUT2D eigenvalue weighted by Gasteiger charge is -2.27. The van der Waals surface area contributed by atoms with Gasteiger partial charge in [0.25, 0.3) is 5.91 Å². The van der Waals surface area contributed by atoms with E-state index in [2.05, 4.69) is 24.4 Å². The van der Waals surface area contributed by atoms with Gasteiger partial charge < -0.3 is 5.32 Å². The Morgan fingerprint density at radius 3 is 2.75 bits per heavy atom. The molecule has 2 nitrogen and oxygen atoms in total. The number of hydrogen-bond donors (Lipinski definition) is 1. The van der Waals surface area contributed by atoms with E-state index in [1.807, 2.05) is 30.3 Å². The van der Waals surface area contributed by atoms with Crippen molar-refractivity contribution >= 4 is 16.7 Å². The van der Waals surface area contributed by atoms with Crippen molar-refractivity contribution in [1.29, 1.82) is 0 Å². The monoisotopic (exact) mass is 267 g/mol. The summed E-state index contributed by atoms with van der Waals surface area (Å²) in [6.07, 6.45) is 4.74. The van der Waals surface area contributed by atoms with Crippen LogP contribution < -0.4 is 5.32 Å². The molecule has 1 amide bonds. The normalized spacial score (nSPS) is 22.6. The predicted molar refractivity (Wildman–Crippen MR) is 82.8 cm³/mol. The molecular formula is C18H21NO. The zero-order valence-corrected chi connectivity index (χ0v) is 11.9. The highest BCUT2D eigenvalue weighted by molar-refractivity contribution is 6.07. The van der Waals surface area contributed by atoms with E-state index in [0.717, 1.165) is 35.1 Å². The van der Waals surface area contributed by atoms with Gasteiger partial charge in [-0.3, -0.25) is 4.79 Å². The Hall–Kier alpha value is -1.83. The van der Waals surface area contributed by atoms with Crippen LogP contribution in [0.25, 0.3) is 10.8 Å². The fraction of sp³-hybridized carbons (Fsp3) is 0.389. The van der Waals surface area contributed by atoms with E-state index in [4.69, 9.17) is 0 Å². The van der Waals surface area contributed by atoms with Gasteiger partial charge in [-0.15, -0.1) is 0 Å². The van der Waals surface area contributed by atoms with Crippen molar-refractivity contribution in [2.75, 3.05) is 0 Å². The SMILES string of the molecule is C[C@@H]1CCC[C@@H](NC(=O)c2cccc3ccccc23)C1. The lowest BCUT2D eigenvalue weighted by Crippen LogP contribution is -2.38. The molecule has 0 spiro atoms. The van der Waals surface area contributed by atoms with Crippen LogP contribution >= 0.6 is 0 Å². The van der Waals surface area contributed by atoms with Gasteiger partial charge in [0.15, 0.2) is 0 Å². The minimum absolute atomic E-state index is 0.0703. The van der Waals surface area contributed by atoms with E-state index < -0.39 is 0 Å². The fourth-order valence-corrected chi connectivity index (χ4v) is 3.25. The number of fused-ring (bicyclic) bond motifs is 1. The van der Waals surface area contributed by atoms with E-state index in [-0.39, 0.29) is 5.91 Å². The predicted octanol–water partition coefficient (Wildman–Crippen LogP) is 4.15. The molecule has 2 aromatic rings. The molecule has 0 saturated heterocycles. The summed E-state index contributed by atoms with van der Waals surface area (Å²) < 4.78 is 0. The van der Waals surface area contributed by atoms with Gasteiger partial charge in [-0.05, 0) is 35.6 Å². The molecule has 2 aromatic carbocycles. The molecule has 0 heterocycles. The maximum Gasteiger partial charge on any atom is 0.252 e. The summed E-state index contributed by atoms with van der Waals surface area (Å²) >= 11 is 0. The number of hydrogen-bond acceptors (Lipinski definition) is 1. The van der Waals surface area contributed by atoms with Crippen LogP contribution in [0.2, 0.25) is 0 Å². The maximum atomic E-state index is 12.5. The van der Waals surface area contributed by atoms with E-state index in [9.17, 15) is 4.79 Å². The fourth-order valence-electron chi connectivity index (χ4n) is 3.25. The van der Waals surface area contributed by atoms with Gasteiger partial charge in [0.1, 0.15) is 0 Å². The highest BCUT2D eigenvalue weighted by atomic mass is 16.1. The number of benzene rings is 2. The third-order valence-electron chi connectivity index (χ3n) is 4.31. The first-order valence-electron chi connectivity index (χ1n) is 7.52. The van der Waals surface area contributed by atoms with Gasteiger partial charge in [0.2, 0.25) is 0 Å². The molecule has 20 heavy (non-hydrogen) atoms. The topological polar surface area (TPSA) is 29.1 Å². The molecule has 0 bridgehead atoms. The smallest absolute Gasteiger partial charge is 0.252 e. The summed E-state index contributed by atoms with van der Waals surface area (Å²) in [6.45, 7) is 2.27. The van der Waals surface area contributed by atoms with Crippen LogP contribution in [0.3, 0.4) is 0 Å². The third-order valence-corrected chi connectivity index (χ3v) is 4.31. The number of amides is 1. The zero-order valence-electron chi connectivity index (χ0n) is 11.9. The standard InChI is InChI=1S/C18H21NO/c1-13-6-4-9-15(12-13)19-18(20)17-11-5-8-14-7-2-3-10-16(14)17/h2-3,5,7-8,10-11,13,15H,4,6,9,12H2,1H3,(H,19,20)/t13-,15-/m1/s1. The summed E-state index contributed by atoms with van der Waals surface area (Å²) in [4.78, 5) is 12.5. The van der Waals surface area contributed by atoms with Crippen LogP contribution in [0.1, 0.15) is 43.0 Å². The average molecular weight is 267 g/mol. The molecule has 1 aliphatic carbocycles. The van der Waals surface area contributed by atoms with Crippen LogP contribution in [0.4, 0.5) is 0 Å². The van der Waals surface area contributed by atoms with E-state index in [1.54, 1.807) is 0 Å². The second-order valence-electron chi connectivity index (χ2n) is 5.97. The van der Waals surface area contributed by atoms with Gasteiger partial charge >= 0.3 is 0 Å². The molecule has 0 radical (unpaired) electrons. The van der Waals surface area contributed by atoms with Crippen molar-refractivity contribution in [3.8, 4) is 0 Å². The highest BCUT2D eigenvalue weighted by Gasteiger charge is 2.21. The Labute approximate surface area is 120 Å². The highest BCUT2D eigenvalue weighted by Crippen LogP contribution is 2.24. The third kappa shape index (κ3) is 2.69. The van der Waals surface area contributed by atoms with Crippen LogP contribution in [0.15, 0.2) is 42.5 Å². The molecule has 1 N–H and O–H groups in total. The summed E-state index contributed by atoms with van der Waals surface area (Å²) in [6, 6.07) is 14.3. The Balaban J connectivity index is 1.82. The van der Waals surface area contributed by atoms with Crippen molar-refractivity contribution in [2.45, 2.75) is 38.6 Å². The first kappa shape index (κ1) is 13.2. The van der Waals surface area contributed by atoms with Crippen LogP contribution in [0, 0.1) is 5.92 Å². The quantitative estimate of drug-likeness (QED) is 0.870. The lowest BCUT2D eigenvalue weighted by molar-refractivity contribution is 0.0923. The summed E-state index contributed by atoms with van der Waals surface area (Å²) in [5.41, 5.74) is 0.793. The van der Waals surface area contributed by atoms with Crippen molar-refractivity contribution in [3.63, 3.8) is 0 Å².